The predicted octanol–water partition coefficient (Wildman–Crippen LogP) is 6.49. The van der Waals surface area contributed by atoms with Gasteiger partial charge in [0, 0.05) is 36.1 Å². The number of likely N-dealkylation sites (N-methyl/N-ethyl adjacent to an activating group) is 1. The SMILES string of the molecule is CN1/C(=C\C=N\NC(=O)/C=C/c2ccccc2)C(C)(Cc2ccccc2)c2c1ccc1ccccc21. The number of carbonyl (C=O) groups excluding carboxylic acids is 1. The summed E-state index contributed by atoms with van der Waals surface area (Å²) >= 11 is 0. The molecule has 1 unspecified atom stereocenters. The highest BCUT2D eigenvalue weighted by Crippen LogP contribution is 2.51. The lowest BCUT2D eigenvalue weighted by Crippen LogP contribution is -2.29. The van der Waals surface area contributed by atoms with Crippen molar-refractivity contribution in [2.24, 2.45) is 5.10 Å². The summed E-state index contributed by atoms with van der Waals surface area (Å²) in [5.41, 5.74) is 8.22. The maximum absolute atomic E-state index is 12.2. The Morgan fingerprint density at radius 3 is 2.39 bits per heavy atom. The first-order chi connectivity index (χ1) is 17.6. The van der Waals surface area contributed by atoms with Gasteiger partial charge in [-0.1, -0.05) is 91.0 Å². The zero-order valence-corrected chi connectivity index (χ0v) is 20.6. The molecule has 0 fully saturated rings. The molecule has 0 radical (unpaired) electrons. The van der Waals surface area contributed by atoms with Gasteiger partial charge in [-0.3, -0.25) is 4.79 Å². The summed E-state index contributed by atoms with van der Waals surface area (Å²) in [6, 6.07) is 33.3. The molecule has 0 saturated carbocycles. The van der Waals surface area contributed by atoms with Crippen LogP contribution in [0.3, 0.4) is 0 Å². The number of hydrazone groups is 1. The Balaban J connectivity index is 1.45. The molecule has 0 saturated heterocycles. The molecular weight excluding hydrogens is 442 g/mol. The van der Waals surface area contributed by atoms with Gasteiger partial charge in [-0.2, -0.15) is 5.10 Å². The monoisotopic (exact) mass is 471 g/mol. The topological polar surface area (TPSA) is 44.7 Å². The highest BCUT2D eigenvalue weighted by Gasteiger charge is 2.43. The zero-order valence-electron chi connectivity index (χ0n) is 20.6. The minimum absolute atomic E-state index is 0.268. The summed E-state index contributed by atoms with van der Waals surface area (Å²) < 4.78 is 0. The molecular formula is C32H29N3O. The van der Waals surface area contributed by atoms with Crippen molar-refractivity contribution >= 4 is 34.7 Å². The van der Waals surface area contributed by atoms with Crippen LogP contribution >= 0.6 is 0 Å². The zero-order chi connectivity index (χ0) is 25.0. The van der Waals surface area contributed by atoms with Crippen LogP contribution in [0.25, 0.3) is 16.8 Å². The second-order valence-corrected chi connectivity index (χ2v) is 9.28. The first-order valence-corrected chi connectivity index (χ1v) is 12.1. The van der Waals surface area contributed by atoms with Crippen molar-refractivity contribution in [3.05, 3.63) is 132 Å². The van der Waals surface area contributed by atoms with Crippen molar-refractivity contribution in [1.29, 1.82) is 0 Å². The number of benzene rings is 4. The molecule has 4 aromatic carbocycles. The molecule has 5 rings (SSSR count). The van der Waals surface area contributed by atoms with Gasteiger partial charge in [0.25, 0.3) is 5.91 Å². The van der Waals surface area contributed by atoms with E-state index in [0.717, 1.165) is 17.7 Å². The number of hydrogen-bond acceptors (Lipinski definition) is 3. The maximum atomic E-state index is 12.2. The van der Waals surface area contributed by atoms with Crippen LogP contribution in [0.4, 0.5) is 5.69 Å². The van der Waals surface area contributed by atoms with Crippen LogP contribution in [0, 0.1) is 0 Å². The van der Waals surface area contributed by atoms with E-state index in [0.29, 0.717) is 0 Å². The molecule has 0 aliphatic carbocycles. The van der Waals surface area contributed by atoms with E-state index in [4.69, 9.17) is 0 Å². The predicted molar refractivity (Wildman–Crippen MR) is 150 cm³/mol. The smallest absolute Gasteiger partial charge is 0.264 e. The van der Waals surface area contributed by atoms with Crippen molar-refractivity contribution in [3.8, 4) is 0 Å². The number of carbonyl (C=O) groups is 1. The average Bonchev–Trinajstić information content (AvgIpc) is 3.12. The molecule has 4 aromatic rings. The lowest BCUT2D eigenvalue weighted by atomic mass is 9.74. The number of allylic oxidation sites excluding steroid dienone is 2. The van der Waals surface area contributed by atoms with E-state index in [-0.39, 0.29) is 11.3 Å². The second-order valence-electron chi connectivity index (χ2n) is 9.28. The number of fused-ring (bicyclic) bond motifs is 3. The van der Waals surface area contributed by atoms with Crippen molar-refractivity contribution in [1.82, 2.24) is 5.43 Å². The van der Waals surface area contributed by atoms with E-state index in [1.165, 1.54) is 33.7 Å². The number of nitrogens with zero attached hydrogens (tertiary/aromatic N) is 2. The van der Waals surface area contributed by atoms with Crippen LogP contribution in [0.1, 0.15) is 23.6 Å². The molecule has 0 spiro atoms. The van der Waals surface area contributed by atoms with E-state index >= 15 is 0 Å². The third-order valence-corrected chi connectivity index (χ3v) is 6.86. The van der Waals surface area contributed by atoms with E-state index in [1.807, 2.05) is 42.5 Å². The van der Waals surface area contributed by atoms with Gasteiger partial charge in [-0.15, -0.1) is 0 Å². The first kappa shape index (κ1) is 23.3. The highest BCUT2D eigenvalue weighted by molar-refractivity contribution is 5.96. The van der Waals surface area contributed by atoms with Gasteiger partial charge in [0.05, 0.1) is 0 Å². The fourth-order valence-corrected chi connectivity index (χ4v) is 5.21. The van der Waals surface area contributed by atoms with Crippen LogP contribution in [0.15, 0.2) is 120 Å². The first-order valence-electron chi connectivity index (χ1n) is 12.1. The van der Waals surface area contributed by atoms with E-state index in [9.17, 15) is 4.79 Å². The molecule has 1 aliphatic rings. The van der Waals surface area contributed by atoms with Gasteiger partial charge < -0.3 is 4.90 Å². The largest absolute Gasteiger partial charge is 0.347 e. The standard InChI is InChI=1S/C32H29N3O/c1-32(23-25-13-7-4-8-14-25)29(21-22-33-34-30(36)20-17-24-11-5-3-6-12-24)35(2)28-19-18-26-15-9-10-16-27(26)31(28)32/h3-22H,23H2,1-2H3,(H,34,36)/b20-17+,29-21-,33-22+. The van der Waals surface area contributed by atoms with E-state index < -0.39 is 0 Å². The lowest BCUT2D eigenvalue weighted by Gasteiger charge is -2.29. The van der Waals surface area contributed by atoms with Gasteiger partial charge in [-0.25, -0.2) is 5.43 Å². The Morgan fingerprint density at radius 2 is 1.61 bits per heavy atom. The molecule has 36 heavy (non-hydrogen) atoms. The fraction of sp³-hybridized carbons (Fsp3) is 0.125. The molecule has 1 N–H and O–H groups in total. The minimum atomic E-state index is -0.269. The molecule has 1 aliphatic heterocycles. The summed E-state index contributed by atoms with van der Waals surface area (Å²) in [7, 11) is 2.10. The molecule has 178 valence electrons. The van der Waals surface area contributed by atoms with Gasteiger partial charge in [0.2, 0.25) is 0 Å². The number of amides is 1. The Labute approximate surface area is 212 Å². The molecule has 4 heteroatoms. The normalized spacial score (nSPS) is 18.4. The third-order valence-electron chi connectivity index (χ3n) is 6.86. The number of nitrogens with one attached hydrogen (secondary N) is 1. The Hall–Kier alpha value is -4.44. The van der Waals surface area contributed by atoms with Crippen molar-refractivity contribution in [2.45, 2.75) is 18.8 Å². The molecule has 1 amide bonds. The lowest BCUT2D eigenvalue weighted by molar-refractivity contribution is -0.116. The minimum Gasteiger partial charge on any atom is -0.347 e. The van der Waals surface area contributed by atoms with Crippen LogP contribution in [-0.2, 0) is 16.6 Å². The average molecular weight is 472 g/mol. The third kappa shape index (κ3) is 4.58. The quantitative estimate of drug-likeness (QED) is 0.198. The Morgan fingerprint density at radius 1 is 0.917 bits per heavy atom. The highest BCUT2D eigenvalue weighted by atomic mass is 16.2. The maximum Gasteiger partial charge on any atom is 0.264 e. The van der Waals surface area contributed by atoms with Crippen LogP contribution in [-0.4, -0.2) is 19.2 Å². The van der Waals surface area contributed by atoms with Crippen LogP contribution in [0.5, 0.6) is 0 Å². The Bertz CT molecular complexity index is 1470. The summed E-state index contributed by atoms with van der Waals surface area (Å²) in [4.78, 5) is 14.5. The summed E-state index contributed by atoms with van der Waals surface area (Å²) in [5, 5.41) is 6.70. The van der Waals surface area contributed by atoms with Gasteiger partial charge in [0.15, 0.2) is 0 Å². The van der Waals surface area contributed by atoms with Crippen LogP contribution < -0.4 is 10.3 Å². The van der Waals surface area contributed by atoms with Crippen molar-refractivity contribution in [3.63, 3.8) is 0 Å². The van der Waals surface area contributed by atoms with E-state index in [1.54, 1.807) is 12.3 Å². The Kier molecular flexibility index (Phi) is 6.50. The number of rotatable bonds is 6. The number of anilines is 1. The van der Waals surface area contributed by atoms with E-state index in [2.05, 4.69) is 90.1 Å². The molecule has 1 atom stereocenters. The van der Waals surface area contributed by atoms with Gasteiger partial charge >= 0.3 is 0 Å². The van der Waals surface area contributed by atoms with Gasteiger partial charge in [-0.05, 0) is 59.0 Å². The summed E-state index contributed by atoms with van der Waals surface area (Å²) in [6.45, 7) is 2.30. The van der Waals surface area contributed by atoms with Crippen LogP contribution in [0.2, 0.25) is 0 Å². The summed E-state index contributed by atoms with van der Waals surface area (Å²) in [6.07, 6.45) is 7.80. The molecule has 0 aromatic heterocycles. The second kappa shape index (κ2) is 10.0. The number of hydrogen-bond donors (Lipinski definition) is 1. The fourth-order valence-electron chi connectivity index (χ4n) is 5.21. The van der Waals surface area contributed by atoms with Crippen molar-refractivity contribution < 1.29 is 4.79 Å². The summed E-state index contributed by atoms with van der Waals surface area (Å²) in [5.74, 6) is -0.269. The molecule has 1 heterocycles. The molecule has 0 bridgehead atoms. The van der Waals surface area contributed by atoms with Crippen molar-refractivity contribution in [2.75, 3.05) is 11.9 Å². The van der Waals surface area contributed by atoms with Gasteiger partial charge in [0.1, 0.15) is 0 Å². The molecule has 4 nitrogen and oxygen atoms in total.